The molecule has 2 N–H and O–H groups in total. The summed E-state index contributed by atoms with van der Waals surface area (Å²) in [5, 5.41) is 10.6. The number of sulfonamides is 1. The molecule has 0 amide bonds. The third kappa shape index (κ3) is 5.17. The lowest BCUT2D eigenvalue weighted by Crippen LogP contribution is -2.59. The van der Waals surface area contributed by atoms with E-state index in [0.29, 0.717) is 42.2 Å². The van der Waals surface area contributed by atoms with Crippen molar-refractivity contribution in [2.75, 3.05) is 44.9 Å². The molecule has 0 saturated carbocycles. The van der Waals surface area contributed by atoms with Gasteiger partial charge in [0.05, 0.1) is 31.0 Å². The summed E-state index contributed by atoms with van der Waals surface area (Å²) in [5.41, 5.74) is 0.240. The largest absolute Gasteiger partial charge is 0.383 e. The number of alkyl halides is 2. The summed E-state index contributed by atoms with van der Waals surface area (Å²) >= 11 is 7.26. The zero-order valence-corrected chi connectivity index (χ0v) is 22.6. The third-order valence-electron chi connectivity index (χ3n) is 6.16. The van der Waals surface area contributed by atoms with Gasteiger partial charge in [0.25, 0.3) is 6.43 Å². The van der Waals surface area contributed by atoms with Crippen LogP contribution < -0.4 is 14.9 Å². The van der Waals surface area contributed by atoms with E-state index in [4.69, 9.17) is 21.1 Å². The lowest BCUT2D eigenvalue weighted by molar-refractivity contribution is -0.0523. The number of halogens is 3. The average Bonchev–Trinajstić information content (AvgIpc) is 3.42. The minimum Gasteiger partial charge on any atom is -0.383 e. The Morgan fingerprint density at radius 2 is 2.14 bits per heavy atom. The monoisotopic (exact) mass is 577 g/mol. The Kier molecular flexibility index (Phi) is 7.15. The molecule has 5 rings (SSSR count). The first-order chi connectivity index (χ1) is 17.5. The number of hydrogen-bond donors (Lipinski definition) is 2. The van der Waals surface area contributed by atoms with Crippen LogP contribution in [-0.4, -0.2) is 85.6 Å². The van der Waals surface area contributed by atoms with E-state index in [1.54, 1.807) is 20.1 Å². The second-order valence-corrected chi connectivity index (χ2v) is 12.6. The van der Waals surface area contributed by atoms with E-state index in [1.807, 2.05) is 11.8 Å². The molecule has 0 spiro atoms. The summed E-state index contributed by atoms with van der Waals surface area (Å²) < 4.78 is 68.1. The van der Waals surface area contributed by atoms with Gasteiger partial charge >= 0.3 is 0 Å². The van der Waals surface area contributed by atoms with Crippen LogP contribution in [0.5, 0.6) is 0 Å². The highest BCUT2D eigenvalue weighted by Crippen LogP contribution is 2.37. The molecule has 0 unspecified atom stereocenters. The number of imidazole rings is 1. The molecule has 37 heavy (non-hydrogen) atoms. The van der Waals surface area contributed by atoms with Crippen molar-refractivity contribution < 1.29 is 26.7 Å². The van der Waals surface area contributed by atoms with E-state index in [0.717, 1.165) is 0 Å². The number of ether oxygens (including phenoxy) is 2. The van der Waals surface area contributed by atoms with Gasteiger partial charge in [-0.25, -0.2) is 26.9 Å². The van der Waals surface area contributed by atoms with Crippen LogP contribution >= 0.6 is 22.9 Å². The van der Waals surface area contributed by atoms with Crippen molar-refractivity contribution in [2.45, 2.75) is 42.8 Å². The van der Waals surface area contributed by atoms with Crippen molar-refractivity contribution >= 4 is 44.2 Å². The summed E-state index contributed by atoms with van der Waals surface area (Å²) in [7, 11) is -2.39. The first-order valence-corrected chi connectivity index (χ1v) is 14.1. The molecular formula is C21H26ClF2N7O4S2. The number of fused-ring (bicyclic) bond motifs is 1. The minimum absolute atomic E-state index is 0.0174. The van der Waals surface area contributed by atoms with Gasteiger partial charge in [0.15, 0.2) is 21.0 Å². The normalized spacial score (nSPS) is 22.1. The predicted octanol–water partition coefficient (Wildman–Crippen LogP) is 2.32. The van der Waals surface area contributed by atoms with E-state index < -0.39 is 27.0 Å². The zero-order valence-electron chi connectivity index (χ0n) is 20.2. The van der Waals surface area contributed by atoms with E-state index >= 15 is 0 Å². The molecule has 0 aromatic carbocycles. The molecule has 2 fully saturated rings. The molecule has 2 saturated heterocycles. The van der Waals surface area contributed by atoms with Gasteiger partial charge in [-0.05, 0) is 19.9 Å². The molecule has 0 radical (unpaired) electrons. The molecule has 16 heteroatoms. The standard InChI is InChI=1S/C21H26ClF2N7O4S2/c1-11-5-30(6-12(25-11)8-34-3)14-4-13(37(32,33)29-21(2)9-35-10-21)7-31-15(14)16(22)26-18(31)20-28-27-19(36-20)17(23)24/h4,7,11-12,17,25,29H,5-6,8-10H2,1-3H3/t11-,12+/m0/s1. The maximum absolute atomic E-state index is 13.5. The second-order valence-electron chi connectivity index (χ2n) is 9.54. The van der Waals surface area contributed by atoms with E-state index in [1.165, 1.54) is 10.6 Å². The second kappa shape index (κ2) is 9.94. The molecule has 2 aliphatic rings. The van der Waals surface area contributed by atoms with Crippen molar-refractivity contribution in [1.82, 2.24) is 29.6 Å². The van der Waals surface area contributed by atoms with Crippen LogP contribution in [0.25, 0.3) is 16.3 Å². The van der Waals surface area contributed by atoms with Crippen LogP contribution in [0, 0.1) is 0 Å². The number of hydrogen-bond acceptors (Lipinski definition) is 10. The topological polar surface area (TPSA) is 123 Å². The first-order valence-electron chi connectivity index (χ1n) is 11.4. The van der Waals surface area contributed by atoms with Crippen LogP contribution in [0.4, 0.5) is 14.5 Å². The Balaban J connectivity index is 1.68. The number of rotatable bonds is 8. The van der Waals surface area contributed by atoms with Crippen LogP contribution in [0.2, 0.25) is 5.15 Å². The maximum Gasteiger partial charge on any atom is 0.291 e. The van der Waals surface area contributed by atoms with Gasteiger partial charge in [-0.3, -0.25) is 4.40 Å². The molecule has 2 aliphatic heterocycles. The summed E-state index contributed by atoms with van der Waals surface area (Å²) in [6.07, 6.45) is -1.42. The summed E-state index contributed by atoms with van der Waals surface area (Å²) in [5.74, 6) is 0.123. The Morgan fingerprint density at radius 3 is 2.76 bits per heavy atom. The molecule has 0 bridgehead atoms. The first kappa shape index (κ1) is 26.6. The van der Waals surface area contributed by atoms with E-state index in [2.05, 4.69) is 25.2 Å². The van der Waals surface area contributed by atoms with Crippen molar-refractivity contribution in [2.24, 2.45) is 0 Å². The van der Waals surface area contributed by atoms with Crippen LogP contribution in [-0.2, 0) is 19.5 Å². The highest BCUT2D eigenvalue weighted by Gasteiger charge is 2.39. The van der Waals surface area contributed by atoms with Crippen molar-refractivity contribution in [3.05, 3.63) is 22.4 Å². The molecule has 5 heterocycles. The fraction of sp³-hybridized carbons (Fsp3) is 0.571. The summed E-state index contributed by atoms with van der Waals surface area (Å²) in [4.78, 5) is 6.36. The lowest BCUT2D eigenvalue weighted by Gasteiger charge is -2.39. The molecule has 202 valence electrons. The van der Waals surface area contributed by atoms with E-state index in [9.17, 15) is 17.2 Å². The van der Waals surface area contributed by atoms with Gasteiger partial charge in [0.2, 0.25) is 10.0 Å². The van der Waals surface area contributed by atoms with Gasteiger partial charge in [-0.2, -0.15) is 0 Å². The predicted molar refractivity (Wildman–Crippen MR) is 134 cm³/mol. The van der Waals surface area contributed by atoms with Gasteiger partial charge in [-0.15, -0.1) is 10.2 Å². The number of pyridine rings is 1. The van der Waals surface area contributed by atoms with Crippen molar-refractivity contribution in [3.8, 4) is 10.8 Å². The van der Waals surface area contributed by atoms with Crippen molar-refractivity contribution in [1.29, 1.82) is 0 Å². The highest BCUT2D eigenvalue weighted by atomic mass is 35.5. The molecular weight excluding hydrogens is 552 g/mol. The Morgan fingerprint density at radius 1 is 1.38 bits per heavy atom. The summed E-state index contributed by atoms with van der Waals surface area (Å²) in [6, 6.07) is 1.61. The molecule has 0 aliphatic carbocycles. The van der Waals surface area contributed by atoms with Gasteiger partial charge in [0.1, 0.15) is 10.4 Å². The number of piperazine rings is 1. The average molecular weight is 578 g/mol. The zero-order chi connectivity index (χ0) is 26.5. The number of anilines is 1. The van der Waals surface area contributed by atoms with E-state index in [-0.39, 0.29) is 46.2 Å². The van der Waals surface area contributed by atoms with Gasteiger partial charge in [0, 0.05) is 38.5 Å². The molecule has 3 aromatic rings. The summed E-state index contributed by atoms with van der Waals surface area (Å²) in [6.45, 7) is 5.80. The SMILES string of the molecule is COC[C@H]1CN(c2cc(S(=O)(=O)NC3(C)COC3)cn3c(-c4nnc(C(F)F)s4)nc(Cl)c23)C[C@H](C)N1. The maximum atomic E-state index is 13.5. The highest BCUT2D eigenvalue weighted by molar-refractivity contribution is 7.89. The fourth-order valence-electron chi connectivity index (χ4n) is 4.61. The number of nitrogens with zero attached hydrogens (tertiary/aromatic N) is 5. The Hall–Kier alpha value is -2.01. The van der Waals surface area contributed by atoms with Gasteiger partial charge < -0.3 is 19.7 Å². The number of aromatic nitrogens is 4. The minimum atomic E-state index is -4.01. The van der Waals surface area contributed by atoms with Crippen LogP contribution in [0.15, 0.2) is 17.2 Å². The Bertz CT molecular complexity index is 1410. The molecule has 2 atom stereocenters. The molecule has 11 nitrogen and oxygen atoms in total. The van der Waals surface area contributed by atoms with Crippen molar-refractivity contribution in [3.63, 3.8) is 0 Å². The number of methoxy groups -OCH3 is 1. The smallest absolute Gasteiger partial charge is 0.291 e. The van der Waals surface area contributed by atoms with Crippen LogP contribution in [0.3, 0.4) is 0 Å². The van der Waals surface area contributed by atoms with Crippen LogP contribution in [0.1, 0.15) is 25.3 Å². The quantitative estimate of drug-likeness (QED) is 0.415. The van der Waals surface area contributed by atoms with Gasteiger partial charge in [-0.1, -0.05) is 22.9 Å². The third-order valence-corrected chi connectivity index (χ3v) is 8.96. The number of nitrogens with one attached hydrogen (secondary N) is 2. The fourth-order valence-corrected chi connectivity index (χ4v) is 6.96. The lowest BCUT2D eigenvalue weighted by atomic mass is 10.0. The Labute approximate surface area is 221 Å². The molecule has 3 aromatic heterocycles.